The normalized spacial score (nSPS) is 12.9. The van der Waals surface area contributed by atoms with Gasteiger partial charge in [0, 0.05) is 29.1 Å². The maximum Gasteiger partial charge on any atom is 0.280 e. The van der Waals surface area contributed by atoms with Crippen molar-refractivity contribution in [2.24, 2.45) is 0 Å². The monoisotopic (exact) mass is 485 g/mol. The number of nitro benzene ring substituents is 1. The van der Waals surface area contributed by atoms with Gasteiger partial charge in [0.15, 0.2) is 11.0 Å². The van der Waals surface area contributed by atoms with Crippen LogP contribution in [0.15, 0.2) is 78.0 Å². The summed E-state index contributed by atoms with van der Waals surface area (Å²) in [6.07, 6.45) is 2.10. The van der Waals surface area contributed by atoms with E-state index in [1.807, 2.05) is 60.0 Å². The molecule has 3 aromatic carbocycles. The number of thioether (sulfide) groups is 1. The molecular weight excluding hydrogens is 462 g/mol. The van der Waals surface area contributed by atoms with Gasteiger partial charge in [-0.15, -0.1) is 10.2 Å². The van der Waals surface area contributed by atoms with Crippen LogP contribution in [-0.4, -0.2) is 31.6 Å². The number of nitrogens with zero attached hydrogens (tertiary/aromatic N) is 4. The lowest BCUT2D eigenvalue weighted by Crippen LogP contribution is -2.25. The van der Waals surface area contributed by atoms with E-state index in [2.05, 4.69) is 15.5 Å². The van der Waals surface area contributed by atoms with E-state index >= 15 is 0 Å². The van der Waals surface area contributed by atoms with Crippen LogP contribution < -0.4 is 5.32 Å². The van der Waals surface area contributed by atoms with Crippen molar-refractivity contribution in [1.82, 2.24) is 20.1 Å². The van der Waals surface area contributed by atoms with Crippen LogP contribution >= 0.6 is 11.8 Å². The Morgan fingerprint density at radius 1 is 1.06 bits per heavy atom. The summed E-state index contributed by atoms with van der Waals surface area (Å²) < 4.78 is 1.85. The molecule has 0 bridgehead atoms. The lowest BCUT2D eigenvalue weighted by Gasteiger charge is -2.11. The summed E-state index contributed by atoms with van der Waals surface area (Å²) in [7, 11) is 0. The number of nitrogens with one attached hydrogen (secondary N) is 1. The number of nitro groups is 1. The zero-order chi connectivity index (χ0) is 24.4. The van der Waals surface area contributed by atoms with Crippen LogP contribution in [0.5, 0.6) is 0 Å². The van der Waals surface area contributed by atoms with Crippen molar-refractivity contribution in [3.8, 4) is 17.1 Å². The van der Waals surface area contributed by atoms with Crippen LogP contribution in [0.4, 0.5) is 5.69 Å². The van der Waals surface area contributed by atoms with Crippen LogP contribution in [0.3, 0.4) is 0 Å². The molecule has 0 aliphatic heterocycles. The van der Waals surface area contributed by atoms with Gasteiger partial charge in [0.05, 0.1) is 10.5 Å². The van der Waals surface area contributed by atoms with Crippen LogP contribution in [0.2, 0.25) is 0 Å². The molecule has 35 heavy (non-hydrogen) atoms. The highest BCUT2D eigenvalue weighted by atomic mass is 32.2. The van der Waals surface area contributed by atoms with Gasteiger partial charge in [-0.25, -0.2) is 0 Å². The van der Waals surface area contributed by atoms with Crippen molar-refractivity contribution in [2.75, 3.05) is 0 Å². The summed E-state index contributed by atoms with van der Waals surface area (Å²) in [5.74, 6) is 0.974. The van der Waals surface area contributed by atoms with E-state index in [1.165, 1.54) is 17.8 Å². The average molecular weight is 486 g/mol. The zero-order valence-corrected chi connectivity index (χ0v) is 19.9. The van der Waals surface area contributed by atoms with Gasteiger partial charge in [-0.1, -0.05) is 53.7 Å². The molecule has 1 amide bonds. The summed E-state index contributed by atoms with van der Waals surface area (Å²) >= 11 is 1.48. The number of benzene rings is 3. The highest BCUT2D eigenvalue weighted by Gasteiger charge is 2.24. The summed E-state index contributed by atoms with van der Waals surface area (Å²) in [5.41, 5.74) is 3.99. The van der Waals surface area contributed by atoms with Gasteiger partial charge in [-0.3, -0.25) is 19.5 Å². The summed E-state index contributed by atoms with van der Waals surface area (Å²) in [6.45, 7) is 2.00. The lowest BCUT2D eigenvalue weighted by atomic mass is 10.1. The van der Waals surface area contributed by atoms with Crippen molar-refractivity contribution in [2.45, 2.75) is 36.7 Å². The molecule has 4 aromatic rings. The fourth-order valence-electron chi connectivity index (χ4n) is 3.68. The Labute approximate surface area is 206 Å². The second-order valence-corrected chi connectivity index (χ2v) is 9.43. The predicted molar refractivity (Wildman–Crippen MR) is 135 cm³/mol. The highest BCUT2D eigenvalue weighted by Crippen LogP contribution is 2.34. The standard InChI is InChI=1S/C26H23N5O3S/c1-17-6-14-21(15-7-17)30-24(22-4-2-3-5-23(22)31(33)34)28-29-26(30)35-16-18-8-10-19(11-9-18)25(32)27-20-12-13-20/h2-11,14-15,20H,12-13,16H2,1H3,(H,27,32). The molecule has 176 valence electrons. The van der Waals surface area contributed by atoms with Crippen molar-refractivity contribution in [3.63, 3.8) is 0 Å². The van der Waals surface area contributed by atoms with E-state index < -0.39 is 4.92 Å². The minimum absolute atomic E-state index is 0.0233. The molecule has 1 N–H and O–H groups in total. The summed E-state index contributed by atoms with van der Waals surface area (Å²) in [5, 5.41) is 24.0. The first-order chi connectivity index (χ1) is 17.0. The molecule has 5 rings (SSSR count). The predicted octanol–water partition coefficient (Wildman–Crippen LogP) is 5.34. The van der Waals surface area contributed by atoms with Gasteiger partial charge in [0.2, 0.25) is 0 Å². The van der Waals surface area contributed by atoms with E-state index in [4.69, 9.17) is 0 Å². The number of hydrogen-bond donors (Lipinski definition) is 1. The molecule has 0 atom stereocenters. The van der Waals surface area contributed by atoms with Crippen LogP contribution in [0, 0.1) is 17.0 Å². The Bertz CT molecular complexity index is 1380. The number of aryl methyl sites for hydroxylation is 1. The minimum atomic E-state index is -0.406. The first-order valence-electron chi connectivity index (χ1n) is 11.3. The molecule has 0 unspecified atom stereocenters. The van der Waals surface area contributed by atoms with Gasteiger partial charge in [0.25, 0.3) is 11.6 Å². The Balaban J connectivity index is 1.44. The summed E-state index contributed by atoms with van der Waals surface area (Å²) in [6, 6.07) is 22.3. The Morgan fingerprint density at radius 3 is 2.46 bits per heavy atom. The molecule has 0 spiro atoms. The first-order valence-corrected chi connectivity index (χ1v) is 12.3. The number of carbonyl (C=O) groups is 1. The largest absolute Gasteiger partial charge is 0.349 e. The Hall–Kier alpha value is -3.98. The fourth-order valence-corrected chi connectivity index (χ4v) is 4.59. The number of rotatable bonds is 8. The van der Waals surface area contributed by atoms with Crippen molar-refractivity contribution in [3.05, 3.63) is 99.6 Å². The van der Waals surface area contributed by atoms with Crippen molar-refractivity contribution in [1.29, 1.82) is 0 Å². The fraction of sp³-hybridized carbons (Fsp3) is 0.192. The van der Waals surface area contributed by atoms with E-state index in [0.717, 1.165) is 29.7 Å². The van der Waals surface area contributed by atoms with Crippen molar-refractivity contribution < 1.29 is 9.72 Å². The second-order valence-electron chi connectivity index (χ2n) is 8.48. The topological polar surface area (TPSA) is 103 Å². The quantitative estimate of drug-likeness (QED) is 0.205. The van der Waals surface area contributed by atoms with Gasteiger partial charge in [-0.2, -0.15) is 0 Å². The molecule has 1 heterocycles. The third kappa shape index (κ3) is 5.09. The molecule has 9 heteroatoms. The number of carbonyl (C=O) groups excluding carboxylic acids is 1. The van der Waals surface area contributed by atoms with E-state index in [9.17, 15) is 14.9 Å². The number of amides is 1. The molecule has 1 aliphatic rings. The Kier molecular flexibility index (Phi) is 6.33. The molecule has 0 radical (unpaired) electrons. The molecular formula is C26H23N5O3S. The molecule has 1 aliphatic carbocycles. The number of aromatic nitrogens is 3. The Morgan fingerprint density at radius 2 is 1.77 bits per heavy atom. The molecule has 1 fully saturated rings. The maximum absolute atomic E-state index is 12.2. The first kappa shape index (κ1) is 22.8. The van der Waals surface area contributed by atoms with E-state index in [1.54, 1.807) is 18.2 Å². The lowest BCUT2D eigenvalue weighted by molar-refractivity contribution is -0.384. The SMILES string of the molecule is Cc1ccc(-n2c(SCc3ccc(C(=O)NC4CC4)cc3)nnc2-c2ccccc2[N+](=O)[O-])cc1. The van der Waals surface area contributed by atoms with E-state index in [-0.39, 0.29) is 11.6 Å². The molecule has 8 nitrogen and oxygen atoms in total. The summed E-state index contributed by atoms with van der Waals surface area (Å²) in [4.78, 5) is 23.5. The van der Waals surface area contributed by atoms with Crippen LogP contribution in [0.1, 0.15) is 34.3 Å². The third-order valence-corrected chi connectivity index (χ3v) is 6.76. The molecule has 1 saturated carbocycles. The van der Waals surface area contributed by atoms with Crippen LogP contribution in [0.25, 0.3) is 17.1 Å². The molecule has 1 aromatic heterocycles. The van der Waals surface area contributed by atoms with Crippen molar-refractivity contribution >= 4 is 23.4 Å². The smallest absolute Gasteiger partial charge is 0.280 e. The average Bonchev–Trinajstić information content (AvgIpc) is 3.59. The highest BCUT2D eigenvalue weighted by molar-refractivity contribution is 7.98. The number of para-hydroxylation sites is 1. The third-order valence-electron chi connectivity index (χ3n) is 5.76. The van der Waals surface area contributed by atoms with Crippen LogP contribution in [-0.2, 0) is 5.75 Å². The van der Waals surface area contributed by atoms with Gasteiger partial charge < -0.3 is 5.32 Å². The zero-order valence-electron chi connectivity index (χ0n) is 19.0. The maximum atomic E-state index is 12.2. The van der Waals surface area contributed by atoms with E-state index in [0.29, 0.717) is 33.9 Å². The van der Waals surface area contributed by atoms with Gasteiger partial charge in [0.1, 0.15) is 0 Å². The minimum Gasteiger partial charge on any atom is -0.349 e. The van der Waals surface area contributed by atoms with Gasteiger partial charge >= 0.3 is 0 Å². The number of hydrogen-bond acceptors (Lipinski definition) is 6. The molecule has 0 saturated heterocycles. The second kappa shape index (κ2) is 9.71. The van der Waals surface area contributed by atoms with Gasteiger partial charge in [-0.05, 0) is 55.7 Å².